The molecule has 30 heavy (non-hydrogen) atoms. The van der Waals surface area contributed by atoms with Crippen molar-refractivity contribution in [1.82, 2.24) is 14.9 Å². The Morgan fingerprint density at radius 1 is 1.13 bits per heavy atom. The van der Waals surface area contributed by atoms with Crippen LogP contribution in [0.15, 0.2) is 59.5 Å². The molecule has 2 N–H and O–H groups in total. The fourth-order valence-corrected chi connectivity index (χ4v) is 4.39. The van der Waals surface area contributed by atoms with Crippen LogP contribution in [0.2, 0.25) is 5.02 Å². The van der Waals surface area contributed by atoms with Crippen LogP contribution < -0.4 is 10.0 Å². The standard InChI is InChI=1S/C20H19ClN4O3S2/c1-14-6-9-16(10-7-14)30(27,28)22-13-12-19-24-25-20(29-19)23-18(26)11-8-15-4-2-3-5-17(15)21/h2-11,22H,12-13H2,1H3,(H,23,25,26)/b11-8+. The fourth-order valence-electron chi connectivity index (χ4n) is 2.42. The topological polar surface area (TPSA) is 101 Å². The number of aryl methyl sites for hydroxylation is 1. The molecule has 0 aliphatic heterocycles. The maximum Gasteiger partial charge on any atom is 0.250 e. The zero-order chi connectivity index (χ0) is 21.6. The second kappa shape index (κ2) is 9.94. The SMILES string of the molecule is Cc1ccc(S(=O)(=O)NCCc2nnc(NC(=O)/C=C/c3ccccc3Cl)s2)cc1. The van der Waals surface area contributed by atoms with Crippen LogP contribution >= 0.6 is 22.9 Å². The summed E-state index contributed by atoms with van der Waals surface area (Å²) in [6.45, 7) is 2.06. The highest BCUT2D eigenvalue weighted by Gasteiger charge is 2.14. The molecule has 1 heterocycles. The van der Waals surface area contributed by atoms with Gasteiger partial charge in [-0.3, -0.25) is 10.1 Å². The molecule has 0 saturated heterocycles. The lowest BCUT2D eigenvalue weighted by Crippen LogP contribution is -2.25. The average molecular weight is 463 g/mol. The first-order valence-electron chi connectivity index (χ1n) is 8.96. The monoisotopic (exact) mass is 462 g/mol. The van der Waals surface area contributed by atoms with E-state index < -0.39 is 10.0 Å². The van der Waals surface area contributed by atoms with E-state index in [9.17, 15) is 13.2 Å². The molecule has 10 heteroatoms. The summed E-state index contributed by atoms with van der Waals surface area (Å²) < 4.78 is 27.1. The highest BCUT2D eigenvalue weighted by molar-refractivity contribution is 7.89. The van der Waals surface area contributed by atoms with E-state index in [1.807, 2.05) is 19.1 Å². The number of sulfonamides is 1. The molecule has 0 fully saturated rings. The van der Waals surface area contributed by atoms with Gasteiger partial charge < -0.3 is 0 Å². The normalized spacial score (nSPS) is 11.7. The number of hydrogen-bond acceptors (Lipinski definition) is 6. The van der Waals surface area contributed by atoms with Crippen molar-refractivity contribution < 1.29 is 13.2 Å². The minimum Gasteiger partial charge on any atom is -0.297 e. The van der Waals surface area contributed by atoms with E-state index in [-0.39, 0.29) is 17.3 Å². The predicted molar refractivity (Wildman–Crippen MR) is 119 cm³/mol. The molecule has 1 amide bonds. The molecular weight excluding hydrogens is 444 g/mol. The molecular formula is C20H19ClN4O3S2. The Morgan fingerprint density at radius 2 is 1.87 bits per heavy atom. The van der Waals surface area contributed by atoms with E-state index in [1.54, 1.807) is 42.5 Å². The first-order chi connectivity index (χ1) is 14.3. The van der Waals surface area contributed by atoms with Gasteiger partial charge in [-0.15, -0.1) is 10.2 Å². The Morgan fingerprint density at radius 3 is 2.60 bits per heavy atom. The van der Waals surface area contributed by atoms with Crippen LogP contribution in [0.4, 0.5) is 5.13 Å². The maximum absolute atomic E-state index is 12.3. The molecule has 0 aliphatic carbocycles. The largest absolute Gasteiger partial charge is 0.297 e. The van der Waals surface area contributed by atoms with Crippen molar-refractivity contribution in [3.63, 3.8) is 0 Å². The lowest BCUT2D eigenvalue weighted by molar-refractivity contribution is -0.111. The first-order valence-corrected chi connectivity index (χ1v) is 11.6. The molecule has 0 saturated carbocycles. The number of benzene rings is 2. The van der Waals surface area contributed by atoms with Crippen LogP contribution in [0.5, 0.6) is 0 Å². The average Bonchev–Trinajstić information content (AvgIpc) is 3.14. The number of carbonyl (C=O) groups is 1. The third kappa shape index (κ3) is 6.20. The number of carbonyl (C=O) groups excluding carboxylic acids is 1. The van der Waals surface area contributed by atoms with Gasteiger partial charge in [-0.1, -0.05) is 58.8 Å². The maximum atomic E-state index is 12.3. The van der Waals surface area contributed by atoms with Gasteiger partial charge in [0.25, 0.3) is 0 Å². The van der Waals surface area contributed by atoms with Gasteiger partial charge in [-0.05, 0) is 36.8 Å². The highest BCUT2D eigenvalue weighted by atomic mass is 35.5. The van der Waals surface area contributed by atoms with Gasteiger partial charge in [0.1, 0.15) is 5.01 Å². The van der Waals surface area contributed by atoms with Gasteiger partial charge in [0.2, 0.25) is 21.1 Å². The highest BCUT2D eigenvalue weighted by Crippen LogP contribution is 2.18. The van der Waals surface area contributed by atoms with Gasteiger partial charge in [0, 0.05) is 24.1 Å². The van der Waals surface area contributed by atoms with Crippen molar-refractivity contribution in [3.05, 3.63) is 75.8 Å². The molecule has 3 aromatic rings. The number of amides is 1. The molecule has 1 aromatic heterocycles. The minimum atomic E-state index is -3.58. The van der Waals surface area contributed by atoms with Gasteiger partial charge in [0.05, 0.1) is 4.90 Å². The van der Waals surface area contributed by atoms with E-state index in [0.717, 1.165) is 11.1 Å². The van der Waals surface area contributed by atoms with E-state index in [2.05, 4.69) is 20.2 Å². The Hall–Kier alpha value is -2.59. The number of anilines is 1. The molecule has 0 aliphatic rings. The van der Waals surface area contributed by atoms with E-state index in [1.165, 1.54) is 17.4 Å². The van der Waals surface area contributed by atoms with Crippen molar-refractivity contribution in [1.29, 1.82) is 0 Å². The Labute approximate surface area is 183 Å². The minimum absolute atomic E-state index is 0.172. The predicted octanol–water partition coefficient (Wildman–Crippen LogP) is 3.67. The Balaban J connectivity index is 1.51. The summed E-state index contributed by atoms with van der Waals surface area (Å²) in [6.07, 6.45) is 3.32. The smallest absolute Gasteiger partial charge is 0.250 e. The number of rotatable bonds is 8. The van der Waals surface area contributed by atoms with E-state index in [4.69, 9.17) is 11.6 Å². The molecule has 2 aromatic carbocycles. The number of nitrogens with one attached hydrogen (secondary N) is 2. The summed E-state index contributed by atoms with van der Waals surface area (Å²) in [4.78, 5) is 12.3. The third-order valence-electron chi connectivity index (χ3n) is 3.98. The van der Waals surface area contributed by atoms with E-state index in [0.29, 0.717) is 21.6 Å². The summed E-state index contributed by atoms with van der Waals surface area (Å²) in [6, 6.07) is 13.8. The third-order valence-corrected chi connectivity index (χ3v) is 6.70. The molecule has 0 unspecified atom stereocenters. The van der Waals surface area contributed by atoms with Crippen LogP contribution in [-0.2, 0) is 21.2 Å². The summed E-state index contributed by atoms with van der Waals surface area (Å²) in [5.74, 6) is -0.363. The lowest BCUT2D eigenvalue weighted by Gasteiger charge is -2.05. The van der Waals surface area contributed by atoms with Gasteiger partial charge >= 0.3 is 0 Å². The van der Waals surface area contributed by atoms with Gasteiger partial charge in [-0.2, -0.15) is 0 Å². The summed E-state index contributed by atoms with van der Waals surface area (Å²) in [5, 5.41) is 12.0. The summed E-state index contributed by atoms with van der Waals surface area (Å²) >= 11 is 7.23. The molecule has 0 bridgehead atoms. The first kappa shape index (κ1) is 22.1. The quantitative estimate of drug-likeness (QED) is 0.497. The van der Waals surface area contributed by atoms with Crippen molar-refractivity contribution in [2.75, 3.05) is 11.9 Å². The van der Waals surface area contributed by atoms with Crippen molar-refractivity contribution in [2.45, 2.75) is 18.2 Å². The molecule has 0 spiro atoms. The van der Waals surface area contributed by atoms with Gasteiger partial charge in [0.15, 0.2) is 0 Å². The number of aromatic nitrogens is 2. The summed E-state index contributed by atoms with van der Waals surface area (Å²) in [7, 11) is -3.58. The van der Waals surface area contributed by atoms with Crippen molar-refractivity contribution in [3.8, 4) is 0 Å². The summed E-state index contributed by atoms with van der Waals surface area (Å²) in [5.41, 5.74) is 1.72. The van der Waals surface area contributed by atoms with E-state index >= 15 is 0 Å². The molecule has 0 atom stereocenters. The van der Waals surface area contributed by atoms with Crippen molar-refractivity contribution in [2.24, 2.45) is 0 Å². The van der Waals surface area contributed by atoms with Crippen molar-refractivity contribution >= 4 is 50.1 Å². The van der Waals surface area contributed by atoms with Crippen LogP contribution in [0.25, 0.3) is 6.08 Å². The lowest BCUT2D eigenvalue weighted by atomic mass is 10.2. The second-order valence-corrected chi connectivity index (χ2v) is 9.54. The Bertz CT molecular complexity index is 1160. The second-order valence-electron chi connectivity index (χ2n) is 6.31. The molecule has 0 radical (unpaired) electrons. The van der Waals surface area contributed by atoms with Crippen LogP contribution in [0, 0.1) is 6.92 Å². The van der Waals surface area contributed by atoms with Crippen LogP contribution in [-0.4, -0.2) is 31.1 Å². The molecule has 7 nitrogen and oxygen atoms in total. The number of halogens is 1. The zero-order valence-corrected chi connectivity index (χ0v) is 18.4. The fraction of sp³-hybridized carbons (Fsp3) is 0.150. The molecule has 3 rings (SSSR count). The number of nitrogens with zero attached hydrogens (tertiary/aromatic N) is 2. The molecule has 156 valence electrons. The Kier molecular flexibility index (Phi) is 7.33. The van der Waals surface area contributed by atoms with Gasteiger partial charge in [-0.25, -0.2) is 13.1 Å². The number of hydrogen-bond donors (Lipinski definition) is 2. The van der Waals surface area contributed by atoms with Crippen LogP contribution in [0.1, 0.15) is 16.1 Å². The zero-order valence-electron chi connectivity index (χ0n) is 16.0. The van der Waals surface area contributed by atoms with Crippen LogP contribution in [0.3, 0.4) is 0 Å².